The molecule has 3 heterocycles. The quantitative estimate of drug-likeness (QED) is 0.480. The number of aliphatic hydroxyl groups excluding tert-OH is 3. The number of hydrogen-bond acceptors (Lipinski definition) is 8. The third kappa shape index (κ3) is 2.75. The van der Waals surface area contributed by atoms with Crippen LogP contribution in [-0.2, 0) is 10.5 Å². The summed E-state index contributed by atoms with van der Waals surface area (Å²) in [7, 11) is 0. The van der Waals surface area contributed by atoms with Crippen molar-refractivity contribution in [3.8, 4) is 0 Å². The van der Waals surface area contributed by atoms with E-state index >= 15 is 0 Å². The average Bonchev–Trinajstić information content (AvgIpc) is 3.26. The van der Waals surface area contributed by atoms with Crippen LogP contribution in [-0.4, -0.2) is 66.2 Å². The molecule has 10 heteroatoms. The number of rotatable bonds is 4. The minimum absolute atomic E-state index is 0.149. The number of fused-ring (bicyclic) bond motifs is 1. The van der Waals surface area contributed by atoms with Gasteiger partial charge in [0, 0.05) is 5.56 Å². The van der Waals surface area contributed by atoms with Crippen LogP contribution in [0.1, 0.15) is 10.4 Å². The maximum absolute atomic E-state index is 12.4. The first-order valence-corrected chi connectivity index (χ1v) is 8.22. The van der Waals surface area contributed by atoms with E-state index < -0.39 is 24.5 Å². The summed E-state index contributed by atoms with van der Waals surface area (Å²) < 4.78 is 6.82. The van der Waals surface area contributed by atoms with Crippen LogP contribution >= 0.6 is 0 Å². The highest BCUT2D eigenvalue weighted by Crippen LogP contribution is 2.34. The maximum Gasteiger partial charge on any atom is 0.256 e. The molecule has 10 nitrogen and oxygen atoms in total. The normalized spacial score (nSPS) is 25.0. The fourth-order valence-electron chi connectivity index (χ4n) is 3.11. The van der Waals surface area contributed by atoms with Crippen LogP contribution < -0.4 is 5.32 Å². The largest absolute Gasteiger partial charge is 0.391 e. The molecule has 1 aliphatic heterocycles. The molecule has 1 saturated heterocycles. The van der Waals surface area contributed by atoms with E-state index in [-0.39, 0.29) is 29.5 Å². The number of hydrogen-bond donors (Lipinski definition) is 4. The van der Waals surface area contributed by atoms with Gasteiger partial charge in [0.25, 0.3) is 5.91 Å². The van der Waals surface area contributed by atoms with Gasteiger partial charge in [0.15, 0.2) is 22.7 Å². The zero-order chi connectivity index (χ0) is 19.0. The van der Waals surface area contributed by atoms with Crippen molar-refractivity contribution in [2.45, 2.75) is 17.9 Å². The molecule has 1 aliphatic rings. The summed E-state index contributed by atoms with van der Waals surface area (Å²) in [5, 5.41) is 32.6. The Morgan fingerprint density at radius 2 is 2.04 bits per heavy atom. The molecule has 0 saturated carbocycles. The summed E-state index contributed by atoms with van der Waals surface area (Å²) in [5.41, 5.74) is -0.681. The van der Waals surface area contributed by atoms with Crippen molar-refractivity contribution in [3.63, 3.8) is 0 Å². The molecule has 1 aromatic carbocycles. The first-order valence-electron chi connectivity index (χ1n) is 8.22. The summed E-state index contributed by atoms with van der Waals surface area (Å²) in [6.45, 7) is -0.753. The summed E-state index contributed by atoms with van der Waals surface area (Å²) in [4.78, 5) is 24.8. The van der Waals surface area contributed by atoms with Gasteiger partial charge < -0.3 is 25.4 Å². The van der Waals surface area contributed by atoms with Gasteiger partial charge in [-0.25, -0.2) is 15.0 Å². The lowest BCUT2D eigenvalue weighted by Gasteiger charge is -2.31. The molecule has 0 unspecified atom stereocenters. The first-order chi connectivity index (χ1) is 13.1. The van der Waals surface area contributed by atoms with E-state index in [1.807, 2.05) is 0 Å². The standard InChI is InChI=1S/C17H17N5O5/c23-7-17(13(25)11(24)6-27-17)22-9-20-12-14(18-8-19-15(12)22)21-16(26)10-4-2-1-3-5-10/h1-5,8-9,11,13,23-25H,6-7H2,(H,18,19,21,26)/t11-,13+,17+/m1/s1. The van der Waals surface area contributed by atoms with E-state index in [4.69, 9.17) is 4.74 Å². The third-order valence-electron chi connectivity index (χ3n) is 4.57. The van der Waals surface area contributed by atoms with Gasteiger partial charge in [0.05, 0.1) is 19.5 Å². The van der Waals surface area contributed by atoms with Crippen molar-refractivity contribution in [1.82, 2.24) is 19.5 Å². The summed E-state index contributed by atoms with van der Waals surface area (Å²) in [6.07, 6.45) is 0.00444. The highest BCUT2D eigenvalue weighted by molar-refractivity contribution is 6.06. The van der Waals surface area contributed by atoms with E-state index in [9.17, 15) is 20.1 Å². The van der Waals surface area contributed by atoms with Crippen LogP contribution in [0.4, 0.5) is 5.82 Å². The lowest BCUT2D eigenvalue weighted by atomic mass is 10.1. The molecule has 140 valence electrons. The molecule has 3 aromatic rings. The fourth-order valence-corrected chi connectivity index (χ4v) is 3.11. The van der Waals surface area contributed by atoms with Gasteiger partial charge in [0.1, 0.15) is 18.5 Å². The molecule has 0 radical (unpaired) electrons. The minimum atomic E-state index is -1.62. The van der Waals surface area contributed by atoms with E-state index in [2.05, 4.69) is 20.3 Å². The van der Waals surface area contributed by atoms with Gasteiger partial charge in [-0.1, -0.05) is 18.2 Å². The molecule has 4 N–H and O–H groups in total. The van der Waals surface area contributed by atoms with Crippen molar-refractivity contribution in [1.29, 1.82) is 0 Å². The van der Waals surface area contributed by atoms with Crippen molar-refractivity contribution in [3.05, 3.63) is 48.5 Å². The molecule has 0 bridgehead atoms. The molecule has 2 aromatic heterocycles. The number of imidazole rings is 1. The lowest BCUT2D eigenvalue weighted by Crippen LogP contribution is -2.48. The highest BCUT2D eigenvalue weighted by atomic mass is 16.6. The number of nitrogens with one attached hydrogen (secondary N) is 1. The Kier molecular flexibility index (Phi) is 4.32. The zero-order valence-electron chi connectivity index (χ0n) is 14.1. The molecule has 1 fully saturated rings. The van der Waals surface area contributed by atoms with Crippen LogP contribution in [0.25, 0.3) is 11.2 Å². The molecule has 27 heavy (non-hydrogen) atoms. The predicted octanol–water partition coefficient (Wildman–Crippen LogP) is -0.524. The van der Waals surface area contributed by atoms with E-state index in [0.717, 1.165) is 0 Å². The minimum Gasteiger partial charge on any atom is -0.391 e. The topological polar surface area (TPSA) is 143 Å². The smallest absolute Gasteiger partial charge is 0.256 e. The van der Waals surface area contributed by atoms with Crippen LogP contribution in [0.5, 0.6) is 0 Å². The maximum atomic E-state index is 12.4. The van der Waals surface area contributed by atoms with Gasteiger partial charge in [0.2, 0.25) is 0 Å². The van der Waals surface area contributed by atoms with E-state index in [1.165, 1.54) is 17.2 Å². The summed E-state index contributed by atoms with van der Waals surface area (Å²) >= 11 is 0. The number of nitrogens with zero attached hydrogens (tertiary/aromatic N) is 4. The van der Waals surface area contributed by atoms with Crippen LogP contribution in [0, 0.1) is 0 Å². The Morgan fingerprint density at radius 3 is 2.70 bits per heavy atom. The Labute approximate surface area is 153 Å². The predicted molar refractivity (Wildman–Crippen MR) is 92.7 cm³/mol. The second-order valence-corrected chi connectivity index (χ2v) is 6.16. The van der Waals surface area contributed by atoms with Crippen LogP contribution in [0.3, 0.4) is 0 Å². The van der Waals surface area contributed by atoms with Crippen LogP contribution in [0.2, 0.25) is 0 Å². The number of carbonyl (C=O) groups excluding carboxylic acids is 1. The Balaban J connectivity index is 1.73. The van der Waals surface area contributed by atoms with Gasteiger partial charge in [-0.05, 0) is 12.1 Å². The van der Waals surface area contributed by atoms with Crippen molar-refractivity contribution in [2.75, 3.05) is 18.5 Å². The van der Waals surface area contributed by atoms with Gasteiger partial charge >= 0.3 is 0 Å². The number of carbonyl (C=O) groups is 1. The lowest BCUT2D eigenvalue weighted by molar-refractivity contribution is -0.149. The molecular weight excluding hydrogens is 354 g/mol. The van der Waals surface area contributed by atoms with Gasteiger partial charge in [-0.2, -0.15) is 0 Å². The second kappa shape index (κ2) is 6.67. The Bertz CT molecular complexity index is 978. The number of amides is 1. The van der Waals surface area contributed by atoms with Gasteiger partial charge in [-0.15, -0.1) is 0 Å². The number of aliphatic hydroxyl groups is 3. The fraction of sp³-hybridized carbons (Fsp3) is 0.294. The number of benzene rings is 1. The van der Waals surface area contributed by atoms with E-state index in [1.54, 1.807) is 30.3 Å². The highest BCUT2D eigenvalue weighted by Gasteiger charge is 2.51. The Morgan fingerprint density at radius 1 is 1.26 bits per heavy atom. The molecule has 0 spiro atoms. The second-order valence-electron chi connectivity index (χ2n) is 6.16. The van der Waals surface area contributed by atoms with Crippen molar-refractivity contribution in [2.24, 2.45) is 0 Å². The summed E-state index contributed by atoms with van der Waals surface area (Å²) in [5.74, 6) is -0.191. The molecule has 0 aliphatic carbocycles. The number of anilines is 1. The number of aromatic nitrogens is 4. The molecule has 3 atom stereocenters. The van der Waals surface area contributed by atoms with Crippen molar-refractivity contribution >= 4 is 22.9 Å². The monoisotopic (exact) mass is 371 g/mol. The molecule has 1 amide bonds. The number of ether oxygens (including phenoxy) is 1. The zero-order valence-corrected chi connectivity index (χ0v) is 14.1. The van der Waals surface area contributed by atoms with Crippen molar-refractivity contribution < 1.29 is 24.9 Å². The third-order valence-corrected chi connectivity index (χ3v) is 4.57. The summed E-state index contributed by atoms with van der Waals surface area (Å²) in [6, 6.07) is 8.62. The van der Waals surface area contributed by atoms with E-state index in [0.29, 0.717) is 5.56 Å². The van der Waals surface area contributed by atoms with Crippen LogP contribution in [0.15, 0.2) is 43.0 Å². The van der Waals surface area contributed by atoms with Gasteiger partial charge in [-0.3, -0.25) is 9.36 Å². The first kappa shape index (κ1) is 17.5. The molecule has 4 rings (SSSR count). The Hall–Kier alpha value is -2.92. The SMILES string of the molecule is O=C(Nc1ncnc2c1ncn2[C@@]1(CO)OC[C@@H](O)[C@@H]1O)c1ccccc1. The molecular formula is C17H17N5O5. The average molecular weight is 371 g/mol.